The number of fused-ring (bicyclic) bond motifs is 1. The Morgan fingerprint density at radius 3 is 2.83 bits per heavy atom. The smallest absolute Gasteiger partial charge is 0.350 e. The zero-order valence-corrected chi connectivity index (χ0v) is 14.1. The molecule has 0 radical (unpaired) electrons. The van der Waals surface area contributed by atoms with Gasteiger partial charge in [0.15, 0.2) is 0 Å². The first-order chi connectivity index (χ1) is 11.6. The summed E-state index contributed by atoms with van der Waals surface area (Å²) in [7, 11) is 2.04. The molecule has 0 unspecified atom stereocenters. The molecule has 7 heteroatoms. The van der Waals surface area contributed by atoms with Crippen LogP contribution in [0.1, 0.15) is 11.5 Å². The molecule has 2 aromatic heterocycles. The molecule has 6 nitrogen and oxygen atoms in total. The van der Waals surface area contributed by atoms with Crippen LogP contribution in [-0.4, -0.2) is 30.4 Å². The molecule has 1 aromatic carbocycles. The lowest BCUT2D eigenvalue weighted by atomic mass is 10.3. The van der Waals surface area contributed by atoms with E-state index < -0.39 is 0 Å². The van der Waals surface area contributed by atoms with E-state index in [1.54, 1.807) is 16.7 Å². The molecule has 0 amide bonds. The third kappa shape index (κ3) is 2.68. The SMILES string of the molecule is Cn1cccc1CN1CCn2c(nn(-c3cccc(Cl)c3)c2=O)C1. The Kier molecular flexibility index (Phi) is 3.78. The van der Waals surface area contributed by atoms with Crippen molar-refractivity contribution in [2.24, 2.45) is 7.05 Å². The molecule has 1 aliphatic heterocycles. The predicted molar refractivity (Wildman–Crippen MR) is 92.4 cm³/mol. The van der Waals surface area contributed by atoms with Gasteiger partial charge in [0.05, 0.1) is 12.2 Å². The number of rotatable bonds is 3. The molecule has 1 aliphatic rings. The Bertz CT molecular complexity index is 939. The molecule has 0 fully saturated rings. The Morgan fingerprint density at radius 1 is 1.21 bits per heavy atom. The number of benzene rings is 1. The highest BCUT2D eigenvalue weighted by atomic mass is 35.5. The van der Waals surface area contributed by atoms with Crippen molar-refractivity contribution >= 4 is 11.6 Å². The molecule has 3 heterocycles. The minimum absolute atomic E-state index is 0.106. The van der Waals surface area contributed by atoms with E-state index in [0.717, 1.165) is 18.9 Å². The van der Waals surface area contributed by atoms with Crippen molar-refractivity contribution in [3.05, 3.63) is 69.6 Å². The first kappa shape index (κ1) is 15.2. The van der Waals surface area contributed by atoms with Crippen LogP contribution in [0.4, 0.5) is 0 Å². The van der Waals surface area contributed by atoms with Gasteiger partial charge in [-0.3, -0.25) is 9.47 Å². The Balaban J connectivity index is 1.62. The van der Waals surface area contributed by atoms with E-state index in [-0.39, 0.29) is 5.69 Å². The average molecular weight is 344 g/mol. The summed E-state index contributed by atoms with van der Waals surface area (Å²) in [6.07, 6.45) is 2.04. The highest BCUT2D eigenvalue weighted by Gasteiger charge is 2.22. The fraction of sp³-hybridized carbons (Fsp3) is 0.294. The van der Waals surface area contributed by atoms with Crippen molar-refractivity contribution in [3.63, 3.8) is 0 Å². The van der Waals surface area contributed by atoms with E-state index in [1.165, 1.54) is 10.4 Å². The highest BCUT2D eigenvalue weighted by molar-refractivity contribution is 6.30. The molecule has 3 aromatic rings. The van der Waals surface area contributed by atoms with Crippen LogP contribution in [0.15, 0.2) is 47.4 Å². The lowest BCUT2D eigenvalue weighted by molar-refractivity contribution is 0.203. The molecular weight excluding hydrogens is 326 g/mol. The molecule has 0 atom stereocenters. The van der Waals surface area contributed by atoms with Crippen LogP contribution in [-0.2, 0) is 26.7 Å². The molecule has 24 heavy (non-hydrogen) atoms. The second-order valence-corrected chi connectivity index (χ2v) is 6.50. The van der Waals surface area contributed by atoms with Gasteiger partial charge in [0.1, 0.15) is 5.82 Å². The van der Waals surface area contributed by atoms with E-state index in [4.69, 9.17) is 11.6 Å². The molecule has 0 aliphatic carbocycles. The second-order valence-electron chi connectivity index (χ2n) is 6.06. The molecule has 0 saturated carbocycles. The van der Waals surface area contributed by atoms with E-state index in [9.17, 15) is 4.79 Å². The van der Waals surface area contributed by atoms with Crippen molar-refractivity contribution in [1.29, 1.82) is 0 Å². The molecule has 0 spiro atoms. The maximum atomic E-state index is 12.6. The van der Waals surface area contributed by atoms with Gasteiger partial charge < -0.3 is 4.57 Å². The summed E-state index contributed by atoms with van der Waals surface area (Å²) in [5, 5.41) is 5.12. The van der Waals surface area contributed by atoms with Crippen LogP contribution >= 0.6 is 11.6 Å². The average Bonchev–Trinajstić information content (AvgIpc) is 3.11. The van der Waals surface area contributed by atoms with Crippen LogP contribution < -0.4 is 5.69 Å². The fourth-order valence-electron chi connectivity index (χ4n) is 3.10. The van der Waals surface area contributed by atoms with Gasteiger partial charge in [-0.1, -0.05) is 17.7 Å². The monoisotopic (exact) mass is 343 g/mol. The van der Waals surface area contributed by atoms with Crippen molar-refractivity contribution in [2.75, 3.05) is 6.54 Å². The van der Waals surface area contributed by atoms with Crippen molar-refractivity contribution < 1.29 is 0 Å². The largest absolute Gasteiger partial charge is 0.353 e. The number of hydrogen-bond acceptors (Lipinski definition) is 3. The summed E-state index contributed by atoms with van der Waals surface area (Å²) in [6.45, 7) is 2.99. The Hall–Kier alpha value is -2.31. The van der Waals surface area contributed by atoms with E-state index >= 15 is 0 Å². The zero-order chi connectivity index (χ0) is 16.7. The van der Waals surface area contributed by atoms with Gasteiger partial charge in [-0.2, -0.15) is 4.68 Å². The summed E-state index contributed by atoms with van der Waals surface area (Å²) < 4.78 is 5.31. The van der Waals surface area contributed by atoms with Gasteiger partial charge in [0.25, 0.3) is 0 Å². The zero-order valence-electron chi connectivity index (χ0n) is 13.4. The molecular formula is C17H18ClN5O. The number of nitrogens with zero attached hydrogens (tertiary/aromatic N) is 5. The third-order valence-corrected chi connectivity index (χ3v) is 4.67. The van der Waals surface area contributed by atoms with Crippen LogP contribution in [0, 0.1) is 0 Å². The predicted octanol–water partition coefficient (Wildman–Crippen LogP) is 2.04. The topological polar surface area (TPSA) is 48.0 Å². The van der Waals surface area contributed by atoms with Crippen molar-refractivity contribution in [3.8, 4) is 5.69 Å². The molecule has 0 bridgehead atoms. The quantitative estimate of drug-likeness (QED) is 0.731. The fourth-order valence-corrected chi connectivity index (χ4v) is 3.28. The van der Waals surface area contributed by atoms with E-state index in [2.05, 4.69) is 20.6 Å². The number of aryl methyl sites for hydroxylation is 1. The van der Waals surface area contributed by atoms with Gasteiger partial charge in [-0.25, -0.2) is 4.79 Å². The molecule has 124 valence electrons. The Morgan fingerprint density at radius 2 is 2.08 bits per heavy atom. The van der Waals surface area contributed by atoms with Crippen molar-refractivity contribution in [1.82, 2.24) is 23.8 Å². The van der Waals surface area contributed by atoms with Crippen LogP contribution in [0.25, 0.3) is 5.69 Å². The van der Waals surface area contributed by atoms with Crippen LogP contribution in [0.3, 0.4) is 0 Å². The van der Waals surface area contributed by atoms with E-state index in [0.29, 0.717) is 23.8 Å². The minimum Gasteiger partial charge on any atom is -0.353 e. The first-order valence-electron chi connectivity index (χ1n) is 7.89. The van der Waals surface area contributed by atoms with Gasteiger partial charge in [0.2, 0.25) is 0 Å². The summed E-state index contributed by atoms with van der Waals surface area (Å²) in [6, 6.07) is 11.4. The summed E-state index contributed by atoms with van der Waals surface area (Å²) in [5.41, 5.74) is 1.84. The van der Waals surface area contributed by atoms with Gasteiger partial charge in [-0.05, 0) is 30.3 Å². The first-order valence-corrected chi connectivity index (χ1v) is 8.27. The normalized spacial score (nSPS) is 14.8. The lowest BCUT2D eigenvalue weighted by Gasteiger charge is -2.26. The van der Waals surface area contributed by atoms with Crippen LogP contribution in [0.5, 0.6) is 0 Å². The standard InChI is InChI=1S/C17H18ClN5O/c1-20-7-3-6-15(20)11-21-8-9-22-16(12-21)19-23(17(22)24)14-5-2-4-13(18)10-14/h2-7,10H,8-9,11-12H2,1H3. The lowest BCUT2D eigenvalue weighted by Crippen LogP contribution is -2.37. The van der Waals surface area contributed by atoms with Gasteiger partial charge in [-0.15, -0.1) is 5.10 Å². The number of aromatic nitrogens is 4. The molecule has 4 rings (SSSR count). The summed E-state index contributed by atoms with van der Waals surface area (Å²) in [5.74, 6) is 0.792. The second kappa shape index (κ2) is 5.96. The number of hydrogen-bond donors (Lipinski definition) is 0. The van der Waals surface area contributed by atoms with E-state index in [1.807, 2.05) is 31.4 Å². The highest BCUT2D eigenvalue weighted by Crippen LogP contribution is 2.16. The maximum absolute atomic E-state index is 12.6. The van der Waals surface area contributed by atoms with Gasteiger partial charge >= 0.3 is 5.69 Å². The molecule has 0 saturated heterocycles. The minimum atomic E-state index is -0.106. The maximum Gasteiger partial charge on any atom is 0.350 e. The Labute approximate surface area is 144 Å². The summed E-state index contributed by atoms with van der Waals surface area (Å²) in [4.78, 5) is 14.9. The van der Waals surface area contributed by atoms with Crippen LogP contribution in [0.2, 0.25) is 5.02 Å². The van der Waals surface area contributed by atoms with Gasteiger partial charge in [0, 0.05) is 43.6 Å². The molecule has 0 N–H and O–H groups in total. The summed E-state index contributed by atoms with van der Waals surface area (Å²) >= 11 is 6.03. The third-order valence-electron chi connectivity index (χ3n) is 4.43. The van der Waals surface area contributed by atoms with Crippen molar-refractivity contribution in [2.45, 2.75) is 19.6 Å². The number of halogens is 1.